The van der Waals surface area contributed by atoms with Crippen LogP contribution in [0.2, 0.25) is 0 Å². The molecule has 3 aliphatic rings. The molecule has 0 fully saturated rings. The van der Waals surface area contributed by atoms with E-state index in [1.807, 2.05) is 0 Å². The maximum Gasteiger partial charge on any atom is -0.0235 e. The minimum Gasteiger partial charge on any atom is -0.0585 e. The van der Waals surface area contributed by atoms with Gasteiger partial charge in [-0.15, -0.1) is 0 Å². The Morgan fingerprint density at radius 1 is 0.500 bits per heavy atom. The van der Waals surface area contributed by atoms with Gasteiger partial charge in [0.2, 0.25) is 0 Å². The first-order valence-corrected chi connectivity index (χ1v) is 4.74. The quantitative estimate of drug-likeness (QED) is 0.505. The second kappa shape index (κ2) is 2.22. The van der Waals surface area contributed by atoms with Gasteiger partial charge in [0.25, 0.3) is 0 Å². The molecular weight excluding hydrogens is 144 g/mol. The van der Waals surface area contributed by atoms with Crippen LogP contribution >= 0.6 is 0 Å². The largest absolute Gasteiger partial charge is 0.0585 e. The third-order valence-corrected chi connectivity index (χ3v) is 3.12. The first kappa shape index (κ1) is 6.47. The molecule has 0 saturated heterocycles. The van der Waals surface area contributed by atoms with Crippen LogP contribution < -0.4 is 0 Å². The Hall–Kier alpha value is -1.04. The number of hydrogen-bond donors (Lipinski definition) is 0. The lowest BCUT2D eigenvalue weighted by Gasteiger charge is -2.24. The molecule has 12 heavy (non-hydrogen) atoms. The second-order valence-corrected chi connectivity index (χ2v) is 3.77. The van der Waals surface area contributed by atoms with Crippen molar-refractivity contribution in [1.82, 2.24) is 0 Å². The molecule has 0 heteroatoms. The minimum absolute atomic E-state index is 1.29. The van der Waals surface area contributed by atoms with Gasteiger partial charge in [-0.2, -0.15) is 0 Å². The van der Waals surface area contributed by atoms with Gasteiger partial charge in [-0.1, -0.05) is 24.3 Å². The van der Waals surface area contributed by atoms with Crippen molar-refractivity contribution in [2.75, 3.05) is 0 Å². The maximum absolute atomic E-state index is 2.32. The first-order valence-electron chi connectivity index (χ1n) is 4.74. The summed E-state index contributed by atoms with van der Waals surface area (Å²) in [5, 5.41) is 0. The van der Waals surface area contributed by atoms with Crippen LogP contribution in [0.15, 0.2) is 46.6 Å². The molecule has 0 heterocycles. The SMILES string of the molecule is C1=C\C2=C(/C=C\C3=C/1CC3)CC2. The van der Waals surface area contributed by atoms with Crippen LogP contribution in [0, 0.1) is 0 Å². The van der Waals surface area contributed by atoms with Crippen LogP contribution in [0.4, 0.5) is 0 Å². The van der Waals surface area contributed by atoms with E-state index in [1.165, 1.54) is 25.7 Å². The smallest absolute Gasteiger partial charge is 0.0235 e. The first-order chi connectivity index (χ1) is 5.93. The summed E-state index contributed by atoms with van der Waals surface area (Å²) in [7, 11) is 0. The molecule has 0 bridgehead atoms. The highest BCUT2D eigenvalue weighted by Gasteiger charge is 2.17. The Morgan fingerprint density at radius 3 is 0.917 bits per heavy atom. The van der Waals surface area contributed by atoms with Crippen molar-refractivity contribution < 1.29 is 0 Å². The molecular formula is C12H12. The van der Waals surface area contributed by atoms with Gasteiger partial charge in [-0.3, -0.25) is 0 Å². The summed E-state index contributed by atoms with van der Waals surface area (Å²) in [5.41, 5.74) is 6.24. The van der Waals surface area contributed by atoms with Crippen LogP contribution in [-0.2, 0) is 0 Å². The normalized spacial score (nSPS) is 30.7. The van der Waals surface area contributed by atoms with Crippen LogP contribution in [-0.4, -0.2) is 0 Å². The summed E-state index contributed by atoms with van der Waals surface area (Å²) < 4.78 is 0. The fraction of sp³-hybridized carbons (Fsp3) is 0.333. The molecule has 0 saturated carbocycles. The van der Waals surface area contributed by atoms with Gasteiger partial charge in [0.15, 0.2) is 0 Å². The third kappa shape index (κ3) is 0.781. The van der Waals surface area contributed by atoms with Gasteiger partial charge in [-0.25, -0.2) is 0 Å². The molecule has 0 aromatic carbocycles. The summed E-state index contributed by atoms with van der Waals surface area (Å²) in [6, 6.07) is 0. The van der Waals surface area contributed by atoms with E-state index in [0.717, 1.165) is 0 Å². The molecule has 3 aliphatic carbocycles. The van der Waals surface area contributed by atoms with Gasteiger partial charge in [0.1, 0.15) is 0 Å². The van der Waals surface area contributed by atoms with Gasteiger partial charge in [0.05, 0.1) is 0 Å². The van der Waals surface area contributed by atoms with Crippen molar-refractivity contribution in [3.05, 3.63) is 46.6 Å². The predicted molar refractivity (Wildman–Crippen MR) is 50.8 cm³/mol. The zero-order valence-corrected chi connectivity index (χ0v) is 7.14. The molecule has 0 nitrogen and oxygen atoms in total. The minimum atomic E-state index is 1.29. The Kier molecular flexibility index (Phi) is 1.20. The molecule has 0 unspecified atom stereocenters. The van der Waals surface area contributed by atoms with Crippen molar-refractivity contribution in [1.29, 1.82) is 0 Å². The molecule has 0 spiro atoms. The summed E-state index contributed by atoms with van der Waals surface area (Å²) in [4.78, 5) is 0. The molecule has 0 atom stereocenters. The van der Waals surface area contributed by atoms with Gasteiger partial charge < -0.3 is 0 Å². The zero-order valence-electron chi connectivity index (χ0n) is 7.14. The Labute approximate surface area is 73.0 Å². The van der Waals surface area contributed by atoms with E-state index < -0.39 is 0 Å². The third-order valence-electron chi connectivity index (χ3n) is 3.12. The van der Waals surface area contributed by atoms with Crippen molar-refractivity contribution in [3.8, 4) is 0 Å². The summed E-state index contributed by atoms with van der Waals surface area (Å²) in [6.45, 7) is 0. The summed E-state index contributed by atoms with van der Waals surface area (Å²) >= 11 is 0. The van der Waals surface area contributed by atoms with E-state index in [1.54, 1.807) is 22.3 Å². The van der Waals surface area contributed by atoms with Crippen molar-refractivity contribution in [3.63, 3.8) is 0 Å². The Balaban J connectivity index is 2.04. The van der Waals surface area contributed by atoms with E-state index in [2.05, 4.69) is 24.3 Å². The van der Waals surface area contributed by atoms with Crippen LogP contribution in [0.3, 0.4) is 0 Å². The van der Waals surface area contributed by atoms with Crippen molar-refractivity contribution >= 4 is 0 Å². The van der Waals surface area contributed by atoms with Gasteiger partial charge in [0, 0.05) is 0 Å². The monoisotopic (exact) mass is 156 g/mol. The second-order valence-electron chi connectivity index (χ2n) is 3.77. The molecule has 3 rings (SSSR count). The summed E-state index contributed by atoms with van der Waals surface area (Å²) in [5.74, 6) is 0. The van der Waals surface area contributed by atoms with Crippen LogP contribution in [0.5, 0.6) is 0 Å². The molecule has 60 valence electrons. The van der Waals surface area contributed by atoms with Gasteiger partial charge >= 0.3 is 0 Å². The highest BCUT2D eigenvalue weighted by Crippen LogP contribution is 2.36. The molecule has 0 N–H and O–H groups in total. The fourth-order valence-corrected chi connectivity index (χ4v) is 1.99. The van der Waals surface area contributed by atoms with E-state index in [-0.39, 0.29) is 0 Å². The van der Waals surface area contributed by atoms with Crippen molar-refractivity contribution in [2.24, 2.45) is 0 Å². The molecule has 0 aromatic rings. The van der Waals surface area contributed by atoms with Crippen molar-refractivity contribution in [2.45, 2.75) is 25.7 Å². The standard InChI is InChI=1S/C12H12/c1-2-10-7-8-12-4-3-11(12)6-5-9(1)10/h5-8H,1-4H2/b6-5-,8-7-,9-5?,10-7?,11-6?,12-8?. The van der Waals surface area contributed by atoms with Crippen LogP contribution in [0.25, 0.3) is 0 Å². The Morgan fingerprint density at radius 2 is 0.750 bits per heavy atom. The number of rotatable bonds is 0. The maximum atomic E-state index is 2.32. The lowest BCUT2D eigenvalue weighted by atomic mass is 9.81. The highest BCUT2D eigenvalue weighted by molar-refractivity contribution is 5.51. The fourth-order valence-electron chi connectivity index (χ4n) is 1.99. The number of hydrogen-bond acceptors (Lipinski definition) is 0. The van der Waals surface area contributed by atoms with E-state index in [4.69, 9.17) is 0 Å². The lowest BCUT2D eigenvalue weighted by Crippen LogP contribution is -2.05. The zero-order chi connectivity index (χ0) is 7.97. The van der Waals surface area contributed by atoms with Gasteiger partial charge in [-0.05, 0) is 48.0 Å². The lowest BCUT2D eigenvalue weighted by molar-refractivity contribution is 0.826. The van der Waals surface area contributed by atoms with Crippen LogP contribution in [0.1, 0.15) is 25.7 Å². The molecule has 0 aliphatic heterocycles. The summed E-state index contributed by atoms with van der Waals surface area (Å²) in [6.07, 6.45) is 14.4. The predicted octanol–water partition coefficient (Wildman–Crippen LogP) is 3.29. The molecule has 0 aromatic heterocycles. The number of allylic oxidation sites excluding steroid dienone is 8. The van der Waals surface area contributed by atoms with E-state index in [0.29, 0.717) is 0 Å². The van der Waals surface area contributed by atoms with E-state index >= 15 is 0 Å². The van der Waals surface area contributed by atoms with E-state index in [9.17, 15) is 0 Å². The average molecular weight is 156 g/mol. The molecule has 0 radical (unpaired) electrons. The highest BCUT2D eigenvalue weighted by atomic mass is 14.2. The average Bonchev–Trinajstić information content (AvgIpc) is 2.00. The Bertz CT molecular complexity index is 280. The topological polar surface area (TPSA) is 0 Å². The molecule has 0 amide bonds.